The second-order valence-corrected chi connectivity index (χ2v) is 28.8. The molecule has 0 aliphatic rings. The van der Waals surface area contributed by atoms with Crippen LogP contribution in [0, 0.1) is 0 Å². The Hall–Kier alpha value is -15.5. The highest BCUT2D eigenvalue weighted by Crippen LogP contribution is 2.54. The number of ether oxygens (including phenoxy) is 1. The third kappa shape index (κ3) is 14.3. The minimum atomic E-state index is 0.620. The van der Waals surface area contributed by atoms with Crippen molar-refractivity contribution in [2.75, 3.05) is 24.5 Å². The molecule has 6 heteroatoms. The molecule has 0 atom stereocenters. The van der Waals surface area contributed by atoms with E-state index in [0.29, 0.717) is 11.5 Å². The van der Waals surface area contributed by atoms with E-state index in [0.717, 1.165) is 124 Å². The molecule has 0 radical (unpaired) electrons. The topological polar surface area (TPSA) is 25.4 Å². The summed E-state index contributed by atoms with van der Waals surface area (Å²) < 4.78 is 7.77. The SMILES string of the molecule is c1ccc(-c2ccccc2N(c2ccccc2)c2cc(Oc3cccc(N(c4cc(N(c5ccccc5)c5ccccc5)cc(N(c5ccccc5)c5ccccc5)c4)c4c(-c5ccccc5)cccc4-c4ccccc4)c3)cc(N(c3ccccc3)c3ccc(-c4c5ccccc5c(-c5ccccc5)c5ccccc45)cc3)c2)cc1. The lowest BCUT2D eigenvalue weighted by atomic mass is 9.86. The zero-order chi connectivity index (χ0) is 77.4. The molecule has 19 aromatic rings. The Morgan fingerprint density at radius 3 is 0.802 bits per heavy atom. The van der Waals surface area contributed by atoms with Gasteiger partial charge in [0.1, 0.15) is 11.5 Å². The fourth-order valence-corrected chi connectivity index (χ4v) is 16.5. The average molecular weight is 1490 g/mol. The van der Waals surface area contributed by atoms with Crippen LogP contribution in [0.3, 0.4) is 0 Å². The van der Waals surface area contributed by atoms with Crippen molar-refractivity contribution in [1.29, 1.82) is 0 Å². The largest absolute Gasteiger partial charge is 0.457 e. The molecule has 0 aromatic heterocycles. The molecule has 550 valence electrons. The van der Waals surface area contributed by atoms with Crippen LogP contribution >= 0.6 is 0 Å². The molecule has 0 fully saturated rings. The number of fused-ring (bicyclic) bond motifs is 2. The summed E-state index contributed by atoms with van der Waals surface area (Å²) in [4.78, 5) is 11.9. The van der Waals surface area contributed by atoms with Gasteiger partial charge in [-0.1, -0.05) is 334 Å². The number of benzene rings is 19. The van der Waals surface area contributed by atoms with E-state index < -0.39 is 0 Å². The van der Waals surface area contributed by atoms with Crippen molar-refractivity contribution in [2.24, 2.45) is 0 Å². The van der Waals surface area contributed by atoms with Crippen LogP contribution in [-0.2, 0) is 0 Å². The van der Waals surface area contributed by atoms with E-state index >= 15 is 0 Å². The Morgan fingerprint density at radius 1 is 0.147 bits per heavy atom. The van der Waals surface area contributed by atoms with E-state index in [1.807, 2.05) is 0 Å². The zero-order valence-electron chi connectivity index (χ0n) is 63.8. The van der Waals surface area contributed by atoms with Crippen molar-refractivity contribution in [2.45, 2.75) is 0 Å². The molecule has 0 amide bonds. The van der Waals surface area contributed by atoms with E-state index in [1.54, 1.807) is 0 Å². The summed E-state index contributed by atoms with van der Waals surface area (Å²) in [6.45, 7) is 0. The fraction of sp³-hybridized carbons (Fsp3) is 0. The highest BCUT2D eigenvalue weighted by atomic mass is 16.5. The van der Waals surface area contributed by atoms with Crippen LogP contribution in [0.2, 0.25) is 0 Å². The van der Waals surface area contributed by atoms with Crippen LogP contribution in [0.4, 0.5) is 85.3 Å². The lowest BCUT2D eigenvalue weighted by molar-refractivity contribution is 0.483. The number of nitrogens with zero attached hydrogens (tertiary/aromatic N) is 5. The van der Waals surface area contributed by atoms with Crippen molar-refractivity contribution < 1.29 is 4.74 Å². The average Bonchev–Trinajstić information content (AvgIpc) is 0.710. The van der Waals surface area contributed by atoms with E-state index in [1.165, 1.54) is 38.2 Å². The summed E-state index contributed by atoms with van der Waals surface area (Å²) in [6, 6.07) is 172. The van der Waals surface area contributed by atoms with Gasteiger partial charge in [-0.25, -0.2) is 0 Å². The smallest absolute Gasteiger partial charge is 0.131 e. The Labute approximate surface area is 678 Å². The van der Waals surface area contributed by atoms with Gasteiger partial charge in [0.15, 0.2) is 0 Å². The van der Waals surface area contributed by atoms with Crippen molar-refractivity contribution in [3.05, 3.63) is 479 Å². The van der Waals surface area contributed by atoms with Crippen molar-refractivity contribution >= 4 is 107 Å². The van der Waals surface area contributed by atoms with Gasteiger partial charge in [0.2, 0.25) is 0 Å². The molecule has 0 unspecified atom stereocenters. The first-order valence-corrected chi connectivity index (χ1v) is 39.5. The lowest BCUT2D eigenvalue weighted by Crippen LogP contribution is -2.17. The molecule has 116 heavy (non-hydrogen) atoms. The van der Waals surface area contributed by atoms with Gasteiger partial charge >= 0.3 is 0 Å². The summed E-state index contributed by atoms with van der Waals surface area (Å²) in [5, 5.41) is 4.81. The highest BCUT2D eigenvalue weighted by molar-refractivity contribution is 6.21. The maximum Gasteiger partial charge on any atom is 0.131 e. The normalized spacial score (nSPS) is 11.1. The van der Waals surface area contributed by atoms with Crippen LogP contribution < -0.4 is 29.2 Å². The maximum absolute atomic E-state index is 7.77. The van der Waals surface area contributed by atoms with Crippen LogP contribution in [-0.4, -0.2) is 0 Å². The molecular weight excluding hydrogens is 1410 g/mol. The van der Waals surface area contributed by atoms with Crippen LogP contribution in [0.15, 0.2) is 479 Å². The fourth-order valence-electron chi connectivity index (χ4n) is 16.5. The van der Waals surface area contributed by atoms with Gasteiger partial charge in [-0.2, -0.15) is 0 Å². The van der Waals surface area contributed by atoms with E-state index in [-0.39, 0.29) is 0 Å². The van der Waals surface area contributed by atoms with Crippen LogP contribution in [0.5, 0.6) is 11.5 Å². The number of rotatable bonds is 22. The predicted octanol–water partition coefficient (Wildman–Crippen LogP) is 31.5. The molecule has 0 aliphatic heterocycles. The molecule has 0 bridgehead atoms. The molecule has 19 rings (SSSR count). The molecule has 0 saturated heterocycles. The van der Waals surface area contributed by atoms with E-state index in [2.05, 4.69) is 504 Å². The Morgan fingerprint density at radius 2 is 0.405 bits per heavy atom. The van der Waals surface area contributed by atoms with Gasteiger partial charge in [0, 0.05) is 80.4 Å². The van der Waals surface area contributed by atoms with Gasteiger partial charge in [-0.15, -0.1) is 0 Å². The van der Waals surface area contributed by atoms with Crippen LogP contribution in [0.1, 0.15) is 0 Å². The second kappa shape index (κ2) is 32.4. The number of hydrogen-bond donors (Lipinski definition) is 0. The van der Waals surface area contributed by atoms with Gasteiger partial charge in [0.25, 0.3) is 0 Å². The monoisotopic (exact) mass is 1490 g/mol. The third-order valence-electron chi connectivity index (χ3n) is 21.5. The minimum Gasteiger partial charge on any atom is -0.457 e. The summed E-state index contributed by atoms with van der Waals surface area (Å²) in [7, 11) is 0. The van der Waals surface area contributed by atoms with E-state index in [9.17, 15) is 0 Å². The van der Waals surface area contributed by atoms with Crippen molar-refractivity contribution in [3.63, 3.8) is 0 Å². The lowest BCUT2D eigenvalue weighted by Gasteiger charge is -2.34. The van der Waals surface area contributed by atoms with Gasteiger partial charge < -0.3 is 29.2 Å². The van der Waals surface area contributed by atoms with Crippen molar-refractivity contribution in [1.82, 2.24) is 0 Å². The first-order chi connectivity index (χ1) is 57.6. The number of hydrogen-bond acceptors (Lipinski definition) is 6. The predicted molar refractivity (Wildman–Crippen MR) is 489 cm³/mol. The van der Waals surface area contributed by atoms with Gasteiger partial charge in [0.05, 0.1) is 39.8 Å². The summed E-state index contributed by atoms with van der Waals surface area (Å²) >= 11 is 0. The first kappa shape index (κ1) is 70.9. The molecule has 0 saturated carbocycles. The highest BCUT2D eigenvalue weighted by Gasteiger charge is 2.29. The summed E-state index contributed by atoms with van der Waals surface area (Å²) in [5.41, 5.74) is 25.5. The quantitative estimate of drug-likeness (QED) is 0.0628. The molecule has 0 N–H and O–H groups in total. The minimum absolute atomic E-state index is 0.620. The molecule has 0 heterocycles. The molecule has 19 aromatic carbocycles. The van der Waals surface area contributed by atoms with Gasteiger partial charge in [-0.05, 0) is 188 Å². The second-order valence-electron chi connectivity index (χ2n) is 28.8. The standard InChI is InChI=1S/C110H79N5O/c1-11-39-80(40-12-1)100-61-35-36-68-107(100)114(90-57-29-10-30-58-90)97-76-96(113(89-55-27-9-28-56-89)91-71-69-84(70-72-91)109-105-64-33-31-62-103(105)108(83-45-17-4-18-46-83)104-63-32-34-65-106(104)109)78-99(79-97)116-98-60-37-59-92(77-98)115(110-101(81-41-13-2-14-42-81)66-38-67-102(110)82-43-15-3-16-44-82)95-74-93(111(85-47-19-5-20-48-85)86-49-21-6-22-50-86)73-94(75-95)112(87-51-23-7-24-52-87)88-53-25-8-26-54-88/h1-79H. The molecule has 0 aliphatic carbocycles. The summed E-state index contributed by atoms with van der Waals surface area (Å²) in [5.74, 6) is 1.25. The molecular formula is C110H79N5O. The Kier molecular flexibility index (Phi) is 19.8. The Balaban J connectivity index is 0.836. The third-order valence-corrected chi connectivity index (χ3v) is 21.5. The zero-order valence-corrected chi connectivity index (χ0v) is 63.8. The summed E-state index contributed by atoms with van der Waals surface area (Å²) in [6.07, 6.45) is 0. The first-order valence-electron chi connectivity index (χ1n) is 39.5. The number of anilines is 15. The van der Waals surface area contributed by atoms with Gasteiger partial charge in [-0.3, -0.25) is 0 Å². The van der Waals surface area contributed by atoms with Crippen molar-refractivity contribution in [3.8, 4) is 67.1 Å². The Bertz CT molecular complexity index is 6290. The molecule has 0 spiro atoms. The maximum atomic E-state index is 7.77. The molecule has 6 nitrogen and oxygen atoms in total. The number of para-hydroxylation sites is 8. The van der Waals surface area contributed by atoms with Crippen LogP contribution in [0.25, 0.3) is 77.2 Å². The van der Waals surface area contributed by atoms with E-state index in [4.69, 9.17) is 4.74 Å².